The fourth-order valence-corrected chi connectivity index (χ4v) is 5.31. The standard InChI is InChI=1S/C27H27FN6O5/c1-29-24-22-25(32-11-31-24)34(12-33-22)27-20(36)9-21(39-27)17-7-15(17)10-30-26(38)18-6-14(8-19(35)23(18)37)13-2-4-16(28)5-3-13/h2-6,8,11-12,15,17,20-21,27,35-37H,7,9-10H2,1H3,(H,30,38)(H,29,31,32)/t15-,17+,20+,21-,27+/m0/s1. The number of halogens is 1. The molecule has 1 saturated carbocycles. The predicted octanol–water partition coefficient (Wildman–Crippen LogP) is 2.80. The minimum atomic E-state index is -0.745. The number of hydrogen-bond acceptors (Lipinski definition) is 9. The van der Waals surface area contributed by atoms with E-state index >= 15 is 0 Å². The summed E-state index contributed by atoms with van der Waals surface area (Å²) in [7, 11) is 1.75. The number of carbonyl (C=O) groups is 1. The van der Waals surface area contributed by atoms with Gasteiger partial charge in [0.25, 0.3) is 5.91 Å². The highest BCUT2D eigenvalue weighted by atomic mass is 19.1. The van der Waals surface area contributed by atoms with Gasteiger partial charge in [-0.05, 0) is 53.6 Å². The molecular weight excluding hydrogens is 507 g/mol. The van der Waals surface area contributed by atoms with E-state index in [1.807, 2.05) is 0 Å². The van der Waals surface area contributed by atoms with Crippen molar-refractivity contribution >= 4 is 22.9 Å². The number of benzene rings is 2. The van der Waals surface area contributed by atoms with Crippen LogP contribution in [0.5, 0.6) is 11.5 Å². The number of aromatic hydroxyl groups is 2. The molecule has 4 aromatic rings. The molecule has 39 heavy (non-hydrogen) atoms. The molecule has 0 bridgehead atoms. The summed E-state index contributed by atoms with van der Waals surface area (Å²) in [6.07, 6.45) is 2.69. The Labute approximate surface area is 222 Å². The number of fused-ring (bicyclic) bond motifs is 1. The van der Waals surface area contributed by atoms with Gasteiger partial charge < -0.3 is 30.7 Å². The van der Waals surface area contributed by atoms with Crippen LogP contribution < -0.4 is 10.6 Å². The number of ether oxygens (including phenoxy) is 1. The van der Waals surface area contributed by atoms with Crippen molar-refractivity contribution in [2.24, 2.45) is 11.8 Å². The maximum atomic E-state index is 13.3. The van der Waals surface area contributed by atoms with Crippen LogP contribution in [-0.2, 0) is 4.74 Å². The molecule has 1 saturated heterocycles. The Bertz CT molecular complexity index is 1540. The Morgan fingerprint density at radius 1 is 1.13 bits per heavy atom. The van der Waals surface area contributed by atoms with E-state index in [0.717, 1.165) is 6.42 Å². The molecule has 1 amide bonds. The first-order valence-electron chi connectivity index (χ1n) is 12.6. The lowest BCUT2D eigenvalue weighted by atomic mass is 10.0. The number of aromatic nitrogens is 4. The first kappa shape index (κ1) is 25.0. The topological polar surface area (TPSA) is 155 Å². The number of amides is 1. The van der Waals surface area contributed by atoms with E-state index in [1.54, 1.807) is 17.9 Å². The van der Waals surface area contributed by atoms with Gasteiger partial charge in [-0.15, -0.1) is 0 Å². The second kappa shape index (κ2) is 9.79. The van der Waals surface area contributed by atoms with Crippen molar-refractivity contribution in [3.05, 3.63) is 60.4 Å². The van der Waals surface area contributed by atoms with Crippen LogP contribution in [0, 0.1) is 17.7 Å². The van der Waals surface area contributed by atoms with Crippen LogP contribution in [-0.4, -0.2) is 66.5 Å². The molecule has 12 heteroatoms. The normalized spacial score (nSPS) is 24.1. The Hall–Kier alpha value is -4.29. The minimum Gasteiger partial charge on any atom is -0.504 e. The molecule has 202 valence electrons. The van der Waals surface area contributed by atoms with Crippen LogP contribution in [0.2, 0.25) is 0 Å². The van der Waals surface area contributed by atoms with Gasteiger partial charge in [0.2, 0.25) is 0 Å². The minimum absolute atomic E-state index is 0.0750. The molecule has 2 aromatic carbocycles. The number of imidazole rings is 1. The van der Waals surface area contributed by atoms with Crippen LogP contribution in [0.3, 0.4) is 0 Å². The molecule has 1 aliphatic heterocycles. The highest BCUT2D eigenvalue weighted by molar-refractivity contribution is 5.99. The number of phenolic OH excluding ortho intramolecular Hbond substituents is 2. The second-order valence-electron chi connectivity index (χ2n) is 9.93. The Kier molecular flexibility index (Phi) is 6.28. The fourth-order valence-electron chi connectivity index (χ4n) is 5.31. The smallest absolute Gasteiger partial charge is 0.255 e. The van der Waals surface area contributed by atoms with Crippen molar-refractivity contribution in [1.82, 2.24) is 24.8 Å². The van der Waals surface area contributed by atoms with E-state index in [-0.39, 0.29) is 23.5 Å². The third kappa shape index (κ3) is 4.61. The molecule has 5 atom stereocenters. The van der Waals surface area contributed by atoms with E-state index in [2.05, 4.69) is 25.6 Å². The quantitative estimate of drug-likeness (QED) is 0.225. The number of nitrogens with zero attached hydrogens (tertiary/aromatic N) is 4. The Morgan fingerprint density at radius 2 is 1.92 bits per heavy atom. The summed E-state index contributed by atoms with van der Waals surface area (Å²) in [6, 6.07) is 8.40. The molecule has 5 N–H and O–H groups in total. The van der Waals surface area contributed by atoms with Gasteiger partial charge in [-0.2, -0.15) is 0 Å². The number of phenols is 2. The monoisotopic (exact) mass is 534 g/mol. The Balaban J connectivity index is 1.10. The van der Waals surface area contributed by atoms with Crippen LogP contribution in [0.25, 0.3) is 22.3 Å². The van der Waals surface area contributed by atoms with Crippen LogP contribution >= 0.6 is 0 Å². The molecule has 6 rings (SSSR count). The van der Waals surface area contributed by atoms with Crippen molar-refractivity contribution < 1.29 is 29.2 Å². The fraction of sp³-hybridized carbons (Fsp3) is 0.333. The average Bonchev–Trinajstić information content (AvgIpc) is 3.43. The summed E-state index contributed by atoms with van der Waals surface area (Å²) < 4.78 is 21.2. The summed E-state index contributed by atoms with van der Waals surface area (Å²) in [4.78, 5) is 25.7. The Morgan fingerprint density at radius 3 is 2.69 bits per heavy atom. The summed E-state index contributed by atoms with van der Waals surface area (Å²) in [6.45, 7) is 0.345. The first-order valence-corrected chi connectivity index (χ1v) is 12.6. The molecule has 2 fully saturated rings. The van der Waals surface area contributed by atoms with Crippen molar-refractivity contribution in [2.75, 3.05) is 18.9 Å². The van der Waals surface area contributed by atoms with Crippen LogP contribution in [0.4, 0.5) is 10.2 Å². The van der Waals surface area contributed by atoms with Gasteiger partial charge in [0.15, 0.2) is 29.2 Å². The number of aliphatic hydroxyl groups excluding tert-OH is 1. The summed E-state index contributed by atoms with van der Waals surface area (Å²) in [5.41, 5.74) is 2.13. The molecular formula is C27H27FN6O5. The van der Waals surface area contributed by atoms with Gasteiger partial charge in [0.05, 0.1) is 18.0 Å². The summed E-state index contributed by atoms with van der Waals surface area (Å²) in [5, 5.41) is 37.1. The number of anilines is 1. The van der Waals surface area contributed by atoms with Crippen LogP contribution in [0.1, 0.15) is 29.4 Å². The summed E-state index contributed by atoms with van der Waals surface area (Å²) >= 11 is 0. The van der Waals surface area contributed by atoms with Gasteiger partial charge in [-0.25, -0.2) is 19.3 Å². The third-order valence-electron chi connectivity index (χ3n) is 7.48. The van der Waals surface area contributed by atoms with E-state index in [9.17, 15) is 24.5 Å². The SMILES string of the molecule is CNc1ncnc2c1ncn2[C@@H]1O[C@H]([C@@H]2C[C@H]2CNC(=O)c2cc(-c3ccc(F)cc3)cc(O)c2O)C[C@H]1O. The zero-order valence-electron chi connectivity index (χ0n) is 21.0. The van der Waals surface area contributed by atoms with Gasteiger partial charge in [-0.1, -0.05) is 12.1 Å². The third-order valence-corrected chi connectivity index (χ3v) is 7.48. The molecule has 0 spiro atoms. The zero-order chi connectivity index (χ0) is 27.3. The molecule has 0 unspecified atom stereocenters. The molecule has 0 radical (unpaired) electrons. The number of hydrogen-bond donors (Lipinski definition) is 5. The highest BCUT2D eigenvalue weighted by Crippen LogP contribution is 2.48. The van der Waals surface area contributed by atoms with Crippen molar-refractivity contribution in [1.29, 1.82) is 0 Å². The number of aliphatic hydroxyl groups is 1. The maximum absolute atomic E-state index is 13.3. The lowest BCUT2D eigenvalue weighted by molar-refractivity contribution is -0.0420. The lowest BCUT2D eigenvalue weighted by Crippen LogP contribution is -2.27. The maximum Gasteiger partial charge on any atom is 0.255 e. The largest absolute Gasteiger partial charge is 0.504 e. The van der Waals surface area contributed by atoms with Gasteiger partial charge in [0, 0.05) is 20.0 Å². The van der Waals surface area contributed by atoms with E-state index in [1.165, 1.54) is 42.7 Å². The van der Waals surface area contributed by atoms with Crippen LogP contribution in [0.15, 0.2) is 49.1 Å². The molecule has 2 aromatic heterocycles. The first-order chi connectivity index (χ1) is 18.8. The van der Waals surface area contributed by atoms with Crippen molar-refractivity contribution in [3.8, 4) is 22.6 Å². The lowest BCUT2D eigenvalue weighted by Gasteiger charge is -2.17. The van der Waals surface area contributed by atoms with Gasteiger partial charge in [-0.3, -0.25) is 9.36 Å². The second-order valence-corrected chi connectivity index (χ2v) is 9.93. The summed E-state index contributed by atoms with van der Waals surface area (Å²) in [5.74, 6) is -1.03. The predicted molar refractivity (Wildman–Crippen MR) is 138 cm³/mol. The van der Waals surface area contributed by atoms with E-state index < -0.39 is 35.6 Å². The molecule has 2 aliphatic rings. The van der Waals surface area contributed by atoms with E-state index in [4.69, 9.17) is 4.74 Å². The number of nitrogens with one attached hydrogen (secondary N) is 2. The van der Waals surface area contributed by atoms with Crippen molar-refractivity contribution in [3.63, 3.8) is 0 Å². The molecule has 3 heterocycles. The number of carbonyl (C=O) groups excluding carboxylic acids is 1. The van der Waals surface area contributed by atoms with E-state index in [0.29, 0.717) is 41.1 Å². The van der Waals surface area contributed by atoms with Crippen molar-refractivity contribution in [2.45, 2.75) is 31.3 Å². The van der Waals surface area contributed by atoms with Gasteiger partial charge in [0.1, 0.15) is 23.8 Å². The molecule has 1 aliphatic carbocycles. The van der Waals surface area contributed by atoms with Gasteiger partial charge >= 0.3 is 0 Å². The number of rotatable bonds is 7. The average molecular weight is 535 g/mol. The zero-order valence-corrected chi connectivity index (χ0v) is 21.0. The molecule has 11 nitrogen and oxygen atoms in total. The highest BCUT2D eigenvalue weighted by Gasteiger charge is 2.49.